The molecule has 0 spiro atoms. The summed E-state index contributed by atoms with van der Waals surface area (Å²) in [5, 5.41) is 17.4. The molecule has 1 saturated heterocycles. The summed E-state index contributed by atoms with van der Waals surface area (Å²) in [4.78, 5) is 16.4. The molecule has 1 fully saturated rings. The van der Waals surface area contributed by atoms with E-state index < -0.39 is 0 Å². The number of nitriles is 1. The van der Waals surface area contributed by atoms with Crippen molar-refractivity contribution in [3.05, 3.63) is 70.3 Å². The molecule has 4 rings (SSSR count). The van der Waals surface area contributed by atoms with Crippen LogP contribution in [0.3, 0.4) is 0 Å². The monoisotopic (exact) mass is 373 g/mol. The number of carbonyl (C=O) groups excluding carboxylic acids is 1. The quantitative estimate of drug-likeness (QED) is 0.757. The van der Waals surface area contributed by atoms with Crippen molar-refractivity contribution in [2.75, 3.05) is 7.05 Å². The topological polar surface area (TPSA) is 83.1 Å². The summed E-state index contributed by atoms with van der Waals surface area (Å²) in [6.45, 7) is 0.537. The average Bonchev–Trinajstić information content (AvgIpc) is 3.23. The number of hydrogen-bond acceptors (Lipinski definition) is 5. The zero-order valence-corrected chi connectivity index (χ0v) is 15.3. The Morgan fingerprint density at radius 2 is 2.19 bits per heavy atom. The third-order valence-electron chi connectivity index (χ3n) is 4.22. The van der Waals surface area contributed by atoms with Gasteiger partial charge >= 0.3 is 0 Å². The number of thioether (sulfide) groups is 1. The molecule has 1 aliphatic rings. The number of benzene rings is 2. The summed E-state index contributed by atoms with van der Waals surface area (Å²) in [5.41, 5.74) is 3.44. The smallest absolute Gasteiger partial charge is 0.289 e. The number of aromatic nitrogens is 2. The predicted molar refractivity (Wildman–Crippen MR) is 107 cm³/mol. The van der Waals surface area contributed by atoms with E-state index in [2.05, 4.69) is 21.5 Å². The van der Waals surface area contributed by atoms with E-state index in [1.807, 2.05) is 59.4 Å². The maximum atomic E-state index is 11.5. The minimum Gasteiger partial charge on any atom is -0.300 e. The van der Waals surface area contributed by atoms with E-state index in [0.29, 0.717) is 17.9 Å². The molecule has 0 saturated carbocycles. The highest BCUT2D eigenvalue weighted by Crippen LogP contribution is 2.27. The number of nitrogens with one attached hydrogen (secondary N) is 1. The first-order valence-electron chi connectivity index (χ1n) is 8.29. The fourth-order valence-corrected chi connectivity index (χ4v) is 3.74. The molecule has 1 aliphatic heterocycles. The van der Waals surface area contributed by atoms with E-state index >= 15 is 0 Å². The van der Waals surface area contributed by atoms with Gasteiger partial charge in [0.25, 0.3) is 5.24 Å². The van der Waals surface area contributed by atoms with Gasteiger partial charge in [-0.2, -0.15) is 10.4 Å². The maximum Gasteiger partial charge on any atom is 0.289 e. The lowest BCUT2D eigenvalue weighted by Crippen LogP contribution is -2.18. The maximum absolute atomic E-state index is 11.5. The lowest BCUT2D eigenvalue weighted by molar-refractivity contribution is 0.265. The van der Waals surface area contributed by atoms with Gasteiger partial charge in [0.2, 0.25) is 0 Å². The van der Waals surface area contributed by atoms with Gasteiger partial charge in [0, 0.05) is 18.6 Å². The molecule has 1 amide bonds. The molecule has 0 aliphatic carbocycles. The highest BCUT2D eigenvalue weighted by molar-refractivity contribution is 8.18. The number of carbonyl (C=O) groups is 1. The Kier molecular flexibility index (Phi) is 4.48. The molecule has 2 heterocycles. The van der Waals surface area contributed by atoms with Crippen LogP contribution in [0.15, 0.2) is 58.6 Å². The van der Waals surface area contributed by atoms with E-state index in [0.717, 1.165) is 38.7 Å². The summed E-state index contributed by atoms with van der Waals surface area (Å²) in [5.74, 6) is 0.592. The largest absolute Gasteiger partial charge is 0.300 e. The van der Waals surface area contributed by atoms with Crippen LogP contribution in [0.2, 0.25) is 0 Å². The van der Waals surface area contributed by atoms with Crippen LogP contribution in [-0.4, -0.2) is 27.9 Å². The standard InChI is InChI=1S/C20H15N5OS/c1-22-19-18(27-20(26)23-19)9-13-6-7-17-16(8-13)12-25(24-17)11-15-5-3-2-4-14(15)10-21/h2-9,12H,11H2,1H3,(H,22,23,26)/b18-9-. The molecule has 0 bridgehead atoms. The first kappa shape index (κ1) is 17.1. The van der Waals surface area contributed by atoms with E-state index in [1.54, 1.807) is 7.05 Å². The molecule has 7 heteroatoms. The van der Waals surface area contributed by atoms with Crippen molar-refractivity contribution >= 4 is 39.8 Å². The number of fused-ring (bicyclic) bond motifs is 1. The van der Waals surface area contributed by atoms with Crippen molar-refractivity contribution in [1.29, 1.82) is 5.26 Å². The van der Waals surface area contributed by atoms with Gasteiger partial charge in [-0.25, -0.2) is 0 Å². The number of hydrogen-bond donors (Lipinski definition) is 1. The van der Waals surface area contributed by atoms with Crippen LogP contribution >= 0.6 is 11.8 Å². The van der Waals surface area contributed by atoms with Crippen molar-refractivity contribution in [1.82, 2.24) is 15.1 Å². The Bertz CT molecular complexity index is 1150. The van der Waals surface area contributed by atoms with Gasteiger partial charge in [0.05, 0.1) is 28.6 Å². The molecule has 3 aromatic rings. The van der Waals surface area contributed by atoms with Crippen molar-refractivity contribution in [2.45, 2.75) is 6.54 Å². The van der Waals surface area contributed by atoms with Crippen molar-refractivity contribution in [2.24, 2.45) is 4.99 Å². The van der Waals surface area contributed by atoms with Gasteiger partial charge in [0.15, 0.2) is 0 Å². The van der Waals surface area contributed by atoms with Crippen molar-refractivity contribution in [3.63, 3.8) is 0 Å². The molecular formula is C20H15N5OS. The average molecular weight is 373 g/mol. The fraction of sp³-hybridized carbons (Fsp3) is 0.100. The Morgan fingerprint density at radius 1 is 1.33 bits per heavy atom. The van der Waals surface area contributed by atoms with E-state index in [-0.39, 0.29) is 5.24 Å². The lowest BCUT2D eigenvalue weighted by Gasteiger charge is -2.03. The first-order valence-corrected chi connectivity index (χ1v) is 9.11. The molecule has 1 N–H and O–H groups in total. The molecule has 0 unspecified atom stereocenters. The van der Waals surface area contributed by atoms with E-state index in [1.165, 1.54) is 0 Å². The van der Waals surface area contributed by atoms with Crippen LogP contribution in [0.1, 0.15) is 16.7 Å². The SMILES string of the molecule is CN=C1NC(=O)S/C1=C\c1ccc2nn(Cc3ccccc3C#N)cc2c1. The van der Waals surface area contributed by atoms with Crippen molar-refractivity contribution < 1.29 is 4.79 Å². The molecule has 2 aromatic carbocycles. The van der Waals surface area contributed by atoms with E-state index in [9.17, 15) is 10.1 Å². The number of aliphatic imine (C=N–C) groups is 1. The van der Waals surface area contributed by atoms with Crippen LogP contribution in [0.4, 0.5) is 4.79 Å². The number of nitrogens with zero attached hydrogens (tertiary/aromatic N) is 4. The zero-order chi connectivity index (χ0) is 18.8. The van der Waals surface area contributed by atoms with Gasteiger partial charge in [-0.05, 0) is 47.2 Å². The number of rotatable bonds is 3. The third-order valence-corrected chi connectivity index (χ3v) is 5.04. The Hall–Kier alpha value is -3.37. The van der Waals surface area contributed by atoms with Gasteiger partial charge in [0.1, 0.15) is 5.84 Å². The fourth-order valence-electron chi connectivity index (χ4n) is 2.96. The summed E-state index contributed by atoms with van der Waals surface area (Å²) in [6, 6.07) is 15.7. The Labute approximate surface area is 160 Å². The van der Waals surface area contributed by atoms with Crippen LogP contribution < -0.4 is 5.32 Å². The van der Waals surface area contributed by atoms with Crippen LogP contribution in [0, 0.1) is 11.3 Å². The molecule has 0 atom stereocenters. The molecule has 0 radical (unpaired) electrons. The molecule has 1 aromatic heterocycles. The molecule has 132 valence electrons. The van der Waals surface area contributed by atoms with Gasteiger partial charge < -0.3 is 5.32 Å². The second kappa shape index (κ2) is 7.09. The zero-order valence-electron chi connectivity index (χ0n) is 14.5. The number of amidine groups is 1. The van der Waals surface area contributed by atoms with Crippen LogP contribution in [-0.2, 0) is 6.54 Å². The lowest BCUT2D eigenvalue weighted by atomic mass is 10.1. The second-order valence-corrected chi connectivity index (χ2v) is 7.02. The normalized spacial score (nSPS) is 16.8. The predicted octanol–water partition coefficient (Wildman–Crippen LogP) is 3.78. The number of amides is 1. The molecule has 6 nitrogen and oxygen atoms in total. The minimum absolute atomic E-state index is 0.119. The van der Waals surface area contributed by atoms with Crippen LogP contribution in [0.25, 0.3) is 17.0 Å². The summed E-state index contributed by atoms with van der Waals surface area (Å²) in [7, 11) is 1.65. The minimum atomic E-state index is -0.119. The first-order chi connectivity index (χ1) is 13.2. The van der Waals surface area contributed by atoms with Gasteiger partial charge in [-0.3, -0.25) is 14.5 Å². The van der Waals surface area contributed by atoms with Gasteiger partial charge in [-0.15, -0.1) is 0 Å². The summed E-state index contributed by atoms with van der Waals surface area (Å²) < 4.78 is 1.84. The highest BCUT2D eigenvalue weighted by Gasteiger charge is 2.22. The highest BCUT2D eigenvalue weighted by atomic mass is 32.2. The van der Waals surface area contributed by atoms with Gasteiger partial charge in [-0.1, -0.05) is 24.3 Å². The third kappa shape index (κ3) is 3.48. The molecule has 27 heavy (non-hydrogen) atoms. The van der Waals surface area contributed by atoms with Crippen LogP contribution in [0.5, 0.6) is 0 Å². The summed E-state index contributed by atoms with van der Waals surface area (Å²) >= 11 is 1.14. The summed E-state index contributed by atoms with van der Waals surface area (Å²) in [6.07, 6.45) is 3.90. The Morgan fingerprint density at radius 3 is 3.00 bits per heavy atom. The molecular weight excluding hydrogens is 358 g/mol. The van der Waals surface area contributed by atoms with Crippen molar-refractivity contribution in [3.8, 4) is 6.07 Å². The second-order valence-electron chi connectivity index (χ2n) is 6.01. The Balaban J connectivity index is 1.65. The van der Waals surface area contributed by atoms with E-state index in [4.69, 9.17) is 0 Å².